The van der Waals surface area contributed by atoms with Gasteiger partial charge in [-0.25, -0.2) is 0 Å². The first-order valence-corrected chi connectivity index (χ1v) is 6.27. The molecule has 0 radical (unpaired) electrons. The molecule has 0 saturated heterocycles. The molecule has 19 heavy (non-hydrogen) atoms. The summed E-state index contributed by atoms with van der Waals surface area (Å²) in [4.78, 5) is 23.4. The number of rotatable bonds is 5. The van der Waals surface area contributed by atoms with Gasteiger partial charge < -0.3 is 16.0 Å². The lowest BCUT2D eigenvalue weighted by atomic mass is 10.1. The largest absolute Gasteiger partial charge is 0.355 e. The van der Waals surface area contributed by atoms with Gasteiger partial charge in [-0.1, -0.05) is 6.92 Å². The van der Waals surface area contributed by atoms with Gasteiger partial charge in [0.05, 0.1) is 0 Å². The van der Waals surface area contributed by atoms with E-state index in [4.69, 9.17) is 0 Å². The molecule has 104 valence electrons. The van der Waals surface area contributed by atoms with E-state index in [1.165, 1.54) is 0 Å². The van der Waals surface area contributed by atoms with Crippen LogP contribution in [0.4, 0.5) is 5.69 Å². The fourth-order valence-corrected chi connectivity index (χ4v) is 1.74. The van der Waals surface area contributed by atoms with Gasteiger partial charge in [0.2, 0.25) is 5.91 Å². The Kier molecular flexibility index (Phi) is 5.51. The Bertz CT molecular complexity index is 472. The van der Waals surface area contributed by atoms with Gasteiger partial charge in [0.25, 0.3) is 5.91 Å². The van der Waals surface area contributed by atoms with Crippen LogP contribution in [0.25, 0.3) is 0 Å². The van der Waals surface area contributed by atoms with E-state index in [-0.39, 0.29) is 17.7 Å². The number of benzene rings is 1. The first-order valence-electron chi connectivity index (χ1n) is 6.27. The molecule has 2 amide bonds. The molecule has 1 unspecified atom stereocenters. The van der Waals surface area contributed by atoms with Crippen molar-refractivity contribution in [2.75, 3.05) is 26.0 Å². The predicted molar refractivity (Wildman–Crippen MR) is 76.3 cm³/mol. The molecule has 5 nitrogen and oxygen atoms in total. The Morgan fingerprint density at radius 3 is 2.47 bits per heavy atom. The zero-order chi connectivity index (χ0) is 14.4. The Morgan fingerprint density at radius 1 is 1.26 bits per heavy atom. The third-order valence-electron chi connectivity index (χ3n) is 2.93. The summed E-state index contributed by atoms with van der Waals surface area (Å²) < 4.78 is 0. The number of anilines is 1. The maximum absolute atomic E-state index is 11.9. The van der Waals surface area contributed by atoms with E-state index in [0.717, 1.165) is 11.3 Å². The van der Waals surface area contributed by atoms with Crippen molar-refractivity contribution < 1.29 is 9.59 Å². The second kappa shape index (κ2) is 6.89. The van der Waals surface area contributed by atoms with Crippen molar-refractivity contribution in [2.45, 2.75) is 13.8 Å². The lowest BCUT2D eigenvalue weighted by Gasteiger charge is -2.14. The molecule has 0 aliphatic rings. The van der Waals surface area contributed by atoms with Crippen LogP contribution in [-0.4, -0.2) is 32.5 Å². The summed E-state index contributed by atoms with van der Waals surface area (Å²) in [5, 5.41) is 8.40. The Hall–Kier alpha value is -1.88. The van der Waals surface area contributed by atoms with Crippen molar-refractivity contribution in [1.29, 1.82) is 0 Å². The average Bonchev–Trinajstić information content (AvgIpc) is 2.40. The van der Waals surface area contributed by atoms with E-state index >= 15 is 0 Å². The average molecular weight is 263 g/mol. The predicted octanol–water partition coefficient (Wildman–Crippen LogP) is 1.15. The van der Waals surface area contributed by atoms with Crippen LogP contribution in [0, 0.1) is 12.8 Å². The van der Waals surface area contributed by atoms with Crippen LogP contribution in [0.1, 0.15) is 22.8 Å². The monoisotopic (exact) mass is 263 g/mol. The number of hydrogen-bond acceptors (Lipinski definition) is 3. The molecule has 0 fully saturated rings. The number of aryl methyl sites for hydroxylation is 1. The van der Waals surface area contributed by atoms with E-state index in [9.17, 15) is 9.59 Å². The highest BCUT2D eigenvalue weighted by Gasteiger charge is 2.13. The molecular weight excluding hydrogens is 242 g/mol. The van der Waals surface area contributed by atoms with Gasteiger partial charge in [0.15, 0.2) is 0 Å². The number of nitrogens with one attached hydrogen (secondary N) is 3. The first-order chi connectivity index (χ1) is 8.99. The highest BCUT2D eigenvalue weighted by Crippen LogP contribution is 2.17. The summed E-state index contributed by atoms with van der Waals surface area (Å²) in [6.45, 7) is 4.35. The summed E-state index contributed by atoms with van der Waals surface area (Å²) in [6.07, 6.45) is 0. The zero-order valence-electron chi connectivity index (χ0n) is 11.8. The molecule has 1 rings (SSSR count). The molecular formula is C14H21N3O2. The summed E-state index contributed by atoms with van der Waals surface area (Å²) in [5.41, 5.74) is 2.19. The van der Waals surface area contributed by atoms with Crippen molar-refractivity contribution in [3.8, 4) is 0 Å². The van der Waals surface area contributed by atoms with Gasteiger partial charge in [0.1, 0.15) is 0 Å². The fraction of sp³-hybridized carbons (Fsp3) is 0.429. The van der Waals surface area contributed by atoms with Gasteiger partial charge in [-0.05, 0) is 37.7 Å². The minimum absolute atomic E-state index is 0.0369. The molecule has 0 aliphatic carbocycles. The van der Waals surface area contributed by atoms with E-state index in [2.05, 4.69) is 16.0 Å². The second-order valence-electron chi connectivity index (χ2n) is 4.56. The van der Waals surface area contributed by atoms with Crippen LogP contribution < -0.4 is 16.0 Å². The molecule has 3 N–H and O–H groups in total. The molecule has 1 atom stereocenters. The van der Waals surface area contributed by atoms with Crippen molar-refractivity contribution in [2.24, 2.45) is 5.92 Å². The summed E-state index contributed by atoms with van der Waals surface area (Å²) in [5.74, 6) is -0.280. The Balaban J connectivity index is 2.80. The minimum Gasteiger partial charge on any atom is -0.355 e. The first kappa shape index (κ1) is 15.2. The molecule has 0 saturated carbocycles. The third kappa shape index (κ3) is 4.06. The Labute approximate surface area is 113 Å². The van der Waals surface area contributed by atoms with Crippen molar-refractivity contribution >= 4 is 17.5 Å². The molecule has 0 aliphatic heterocycles. The normalized spacial score (nSPS) is 11.8. The standard InChI is InChI=1S/C14H21N3O2/c1-9-7-11(14(19)16-4)5-6-12(9)17-13(18)10(2)8-15-3/h5-7,10,15H,8H2,1-4H3,(H,16,19)(H,17,18). The van der Waals surface area contributed by atoms with Crippen LogP contribution in [0.15, 0.2) is 18.2 Å². The van der Waals surface area contributed by atoms with Gasteiger partial charge in [-0.15, -0.1) is 0 Å². The van der Waals surface area contributed by atoms with Crippen molar-refractivity contribution in [3.63, 3.8) is 0 Å². The SMILES string of the molecule is CNCC(C)C(=O)Nc1ccc(C(=O)NC)cc1C. The Morgan fingerprint density at radius 2 is 1.95 bits per heavy atom. The third-order valence-corrected chi connectivity index (χ3v) is 2.93. The van der Waals surface area contributed by atoms with Crippen LogP contribution in [0.2, 0.25) is 0 Å². The van der Waals surface area contributed by atoms with Gasteiger partial charge in [-0.3, -0.25) is 9.59 Å². The van der Waals surface area contributed by atoms with Crippen molar-refractivity contribution in [3.05, 3.63) is 29.3 Å². The number of hydrogen-bond donors (Lipinski definition) is 3. The zero-order valence-corrected chi connectivity index (χ0v) is 11.8. The topological polar surface area (TPSA) is 70.2 Å². The van der Waals surface area contributed by atoms with Crippen LogP contribution >= 0.6 is 0 Å². The molecule has 0 aromatic heterocycles. The van der Waals surface area contributed by atoms with E-state index in [1.807, 2.05) is 20.9 Å². The lowest BCUT2D eigenvalue weighted by Crippen LogP contribution is -2.28. The van der Waals surface area contributed by atoms with Crippen LogP contribution in [-0.2, 0) is 4.79 Å². The molecule has 0 heterocycles. The van der Waals surface area contributed by atoms with Crippen LogP contribution in [0.5, 0.6) is 0 Å². The number of amides is 2. The van der Waals surface area contributed by atoms with E-state index in [0.29, 0.717) is 12.1 Å². The smallest absolute Gasteiger partial charge is 0.251 e. The maximum Gasteiger partial charge on any atom is 0.251 e. The van der Waals surface area contributed by atoms with Gasteiger partial charge in [-0.2, -0.15) is 0 Å². The number of carbonyl (C=O) groups excluding carboxylic acids is 2. The second-order valence-corrected chi connectivity index (χ2v) is 4.56. The maximum atomic E-state index is 11.9. The van der Waals surface area contributed by atoms with Gasteiger partial charge >= 0.3 is 0 Å². The molecule has 0 bridgehead atoms. The highest BCUT2D eigenvalue weighted by molar-refractivity contribution is 5.96. The van der Waals surface area contributed by atoms with E-state index < -0.39 is 0 Å². The fourth-order valence-electron chi connectivity index (χ4n) is 1.74. The molecule has 0 spiro atoms. The van der Waals surface area contributed by atoms with E-state index in [1.54, 1.807) is 25.2 Å². The van der Waals surface area contributed by atoms with Gasteiger partial charge in [0, 0.05) is 30.8 Å². The molecule has 1 aromatic rings. The van der Waals surface area contributed by atoms with Crippen molar-refractivity contribution in [1.82, 2.24) is 10.6 Å². The highest BCUT2D eigenvalue weighted by atomic mass is 16.2. The summed E-state index contributed by atoms with van der Waals surface area (Å²) in [6, 6.07) is 5.21. The molecule has 5 heteroatoms. The quantitative estimate of drug-likeness (QED) is 0.746. The summed E-state index contributed by atoms with van der Waals surface area (Å²) >= 11 is 0. The number of carbonyl (C=O) groups is 2. The minimum atomic E-state index is -0.135. The summed E-state index contributed by atoms with van der Waals surface area (Å²) in [7, 11) is 3.40. The molecule has 1 aromatic carbocycles. The van der Waals surface area contributed by atoms with Crippen LogP contribution in [0.3, 0.4) is 0 Å². The lowest BCUT2D eigenvalue weighted by molar-refractivity contribution is -0.119.